The van der Waals surface area contributed by atoms with Gasteiger partial charge in [-0.3, -0.25) is 4.79 Å². The Morgan fingerprint density at radius 3 is 2.57 bits per heavy atom. The Hall–Kier alpha value is -0.670. The van der Waals surface area contributed by atoms with E-state index in [2.05, 4.69) is 26.8 Å². The summed E-state index contributed by atoms with van der Waals surface area (Å²) in [6.07, 6.45) is 10.9. The van der Waals surface area contributed by atoms with Crippen LogP contribution in [0, 0.1) is 46.3 Å². The van der Waals surface area contributed by atoms with Gasteiger partial charge in [-0.25, -0.2) is 0 Å². The van der Waals surface area contributed by atoms with E-state index in [1.807, 2.05) is 13.8 Å². The second-order valence-corrected chi connectivity index (χ2v) is 12.1. The molecule has 3 nitrogen and oxygen atoms in total. The summed E-state index contributed by atoms with van der Waals surface area (Å²) in [7, 11) is 0. The quantitative estimate of drug-likeness (QED) is 0.579. The smallest absolute Gasteiger partial charge is 0.135 e. The average molecular weight is 417 g/mol. The van der Waals surface area contributed by atoms with E-state index < -0.39 is 6.10 Å². The number of hydrogen-bond acceptors (Lipinski definition) is 3. The first-order valence-corrected chi connectivity index (χ1v) is 12.7. The molecule has 30 heavy (non-hydrogen) atoms. The predicted molar refractivity (Wildman–Crippen MR) is 121 cm³/mol. The largest absolute Gasteiger partial charge is 0.393 e. The highest BCUT2D eigenvalue weighted by Crippen LogP contribution is 2.67. The van der Waals surface area contributed by atoms with Gasteiger partial charge in [0.05, 0.1) is 12.2 Å². The van der Waals surface area contributed by atoms with Crippen molar-refractivity contribution in [3.8, 4) is 0 Å². The van der Waals surface area contributed by atoms with Crippen LogP contribution in [-0.4, -0.2) is 28.2 Å². The van der Waals surface area contributed by atoms with E-state index in [1.165, 1.54) is 31.3 Å². The van der Waals surface area contributed by atoms with Gasteiger partial charge < -0.3 is 10.2 Å². The number of carbonyl (C=O) groups is 1. The summed E-state index contributed by atoms with van der Waals surface area (Å²) in [5, 5.41) is 21.3. The number of hydrogen-bond donors (Lipinski definition) is 2. The van der Waals surface area contributed by atoms with Crippen LogP contribution >= 0.6 is 0 Å². The van der Waals surface area contributed by atoms with Gasteiger partial charge in [-0.1, -0.05) is 46.3 Å². The third-order valence-corrected chi connectivity index (χ3v) is 10.4. The minimum atomic E-state index is -0.414. The molecule has 4 aliphatic carbocycles. The first kappa shape index (κ1) is 22.5. The van der Waals surface area contributed by atoms with E-state index in [9.17, 15) is 15.0 Å². The van der Waals surface area contributed by atoms with E-state index in [1.54, 1.807) is 0 Å². The summed E-state index contributed by atoms with van der Waals surface area (Å²) in [4.78, 5) is 12.2. The molecule has 0 aliphatic heterocycles. The minimum absolute atomic E-state index is 0.142. The summed E-state index contributed by atoms with van der Waals surface area (Å²) < 4.78 is 0. The third kappa shape index (κ3) is 3.43. The third-order valence-electron chi connectivity index (χ3n) is 10.4. The Morgan fingerprint density at radius 2 is 1.87 bits per heavy atom. The SMILES string of the molecule is CC(C)C(=O)CC[C@@H](C)[C@H]1CC[C@H]2[C@@H]3CC=C4C[C@@H](O)CC(O)[C@]4(C)[C@H]3CC[C@]12C. The highest BCUT2D eigenvalue weighted by molar-refractivity contribution is 5.80. The molecule has 3 saturated carbocycles. The molecule has 9 atom stereocenters. The van der Waals surface area contributed by atoms with Gasteiger partial charge in [-0.05, 0) is 80.0 Å². The Morgan fingerprint density at radius 1 is 1.13 bits per heavy atom. The van der Waals surface area contributed by atoms with Crippen molar-refractivity contribution < 1.29 is 15.0 Å². The predicted octanol–water partition coefficient (Wildman–Crippen LogP) is 5.54. The van der Waals surface area contributed by atoms with Crippen LogP contribution < -0.4 is 0 Å². The van der Waals surface area contributed by atoms with Gasteiger partial charge in [0, 0.05) is 24.2 Å². The van der Waals surface area contributed by atoms with E-state index in [0.29, 0.717) is 35.4 Å². The van der Waals surface area contributed by atoms with Crippen LogP contribution in [0.2, 0.25) is 0 Å². The number of Topliss-reactive ketones (excluding diaryl/α,β-unsaturated/α-hetero) is 1. The number of aliphatic hydroxyl groups excluding tert-OH is 2. The van der Waals surface area contributed by atoms with Gasteiger partial charge >= 0.3 is 0 Å². The van der Waals surface area contributed by atoms with Crippen molar-refractivity contribution in [1.82, 2.24) is 0 Å². The zero-order valence-corrected chi connectivity index (χ0v) is 19.9. The molecule has 0 saturated heterocycles. The van der Waals surface area contributed by atoms with Crippen molar-refractivity contribution in [3.63, 3.8) is 0 Å². The molecule has 4 aliphatic rings. The second-order valence-electron chi connectivity index (χ2n) is 12.1. The number of rotatable bonds is 5. The normalized spacial score (nSPS) is 46.6. The zero-order valence-electron chi connectivity index (χ0n) is 19.9. The monoisotopic (exact) mass is 416 g/mol. The summed E-state index contributed by atoms with van der Waals surface area (Å²) in [5.41, 5.74) is 1.56. The van der Waals surface area contributed by atoms with Gasteiger partial charge in [-0.15, -0.1) is 0 Å². The maximum Gasteiger partial charge on any atom is 0.135 e. The number of aliphatic hydroxyl groups is 2. The van der Waals surface area contributed by atoms with Crippen molar-refractivity contribution in [2.75, 3.05) is 0 Å². The highest BCUT2D eigenvalue weighted by Gasteiger charge is 2.60. The number of ketones is 1. The molecule has 170 valence electrons. The van der Waals surface area contributed by atoms with Crippen molar-refractivity contribution in [1.29, 1.82) is 0 Å². The molecule has 0 bridgehead atoms. The van der Waals surface area contributed by atoms with Crippen molar-refractivity contribution in [2.45, 2.75) is 105 Å². The number of fused-ring (bicyclic) bond motifs is 5. The minimum Gasteiger partial charge on any atom is -0.393 e. The van der Waals surface area contributed by atoms with Crippen LogP contribution in [0.15, 0.2) is 11.6 Å². The highest BCUT2D eigenvalue weighted by atomic mass is 16.3. The Kier molecular flexibility index (Phi) is 6.03. The van der Waals surface area contributed by atoms with Crippen LogP contribution in [0.5, 0.6) is 0 Å². The molecular weight excluding hydrogens is 372 g/mol. The lowest BCUT2D eigenvalue weighted by Crippen LogP contribution is -2.55. The van der Waals surface area contributed by atoms with Crippen LogP contribution in [-0.2, 0) is 4.79 Å². The molecule has 1 unspecified atom stereocenters. The standard InChI is InChI=1S/C27H44O3/c1-16(2)24(29)11-6-17(3)21-9-10-22-20-8-7-18-14-19(28)15-25(30)27(18,5)23(20)12-13-26(21,22)4/h7,16-17,19-23,25,28,30H,6,8-15H2,1-5H3/t17-,19-,20+,21-,22+,23+,25?,26-,27+/m1/s1. The Balaban J connectivity index is 1.52. The molecular formula is C27H44O3. The lowest BCUT2D eigenvalue weighted by molar-refractivity contribution is -0.122. The van der Waals surface area contributed by atoms with Gasteiger partial charge in [0.2, 0.25) is 0 Å². The summed E-state index contributed by atoms with van der Waals surface area (Å²) in [6.45, 7) is 11.3. The van der Waals surface area contributed by atoms with Gasteiger partial charge in [0.15, 0.2) is 0 Å². The molecule has 0 aromatic carbocycles. The van der Waals surface area contributed by atoms with E-state index in [4.69, 9.17) is 0 Å². The van der Waals surface area contributed by atoms with E-state index in [-0.39, 0.29) is 17.4 Å². The number of allylic oxidation sites excluding steroid dienone is 1. The molecule has 3 heteroatoms. The molecule has 2 N–H and O–H groups in total. The molecule has 0 aromatic rings. The Bertz CT molecular complexity index is 696. The Labute approximate surface area is 183 Å². The average Bonchev–Trinajstić information content (AvgIpc) is 3.04. The molecule has 0 spiro atoms. The topological polar surface area (TPSA) is 57.5 Å². The maximum absolute atomic E-state index is 12.2. The molecule has 0 aromatic heterocycles. The maximum atomic E-state index is 12.2. The lowest BCUT2D eigenvalue weighted by atomic mass is 9.46. The molecule has 0 radical (unpaired) electrons. The lowest BCUT2D eigenvalue weighted by Gasteiger charge is -2.59. The first-order chi connectivity index (χ1) is 14.1. The molecule has 0 heterocycles. The van der Waals surface area contributed by atoms with E-state index >= 15 is 0 Å². The summed E-state index contributed by atoms with van der Waals surface area (Å²) in [5.74, 6) is 3.85. The van der Waals surface area contributed by atoms with Crippen LogP contribution in [0.1, 0.15) is 92.4 Å². The zero-order chi connectivity index (χ0) is 21.8. The van der Waals surface area contributed by atoms with Crippen molar-refractivity contribution in [2.24, 2.45) is 46.3 Å². The van der Waals surface area contributed by atoms with Gasteiger partial charge in [-0.2, -0.15) is 0 Å². The first-order valence-electron chi connectivity index (χ1n) is 12.7. The molecule has 3 fully saturated rings. The fourth-order valence-electron chi connectivity index (χ4n) is 8.54. The van der Waals surface area contributed by atoms with Crippen LogP contribution in [0.3, 0.4) is 0 Å². The van der Waals surface area contributed by atoms with Crippen molar-refractivity contribution in [3.05, 3.63) is 11.6 Å². The fraction of sp³-hybridized carbons (Fsp3) is 0.889. The molecule has 0 amide bonds. The van der Waals surface area contributed by atoms with Gasteiger partial charge in [0.1, 0.15) is 5.78 Å². The number of carbonyl (C=O) groups excluding carboxylic acids is 1. The second kappa shape index (κ2) is 8.03. The van der Waals surface area contributed by atoms with Gasteiger partial charge in [0.25, 0.3) is 0 Å². The van der Waals surface area contributed by atoms with E-state index in [0.717, 1.165) is 37.5 Å². The fourth-order valence-corrected chi connectivity index (χ4v) is 8.54. The van der Waals surface area contributed by atoms with Crippen LogP contribution in [0.4, 0.5) is 0 Å². The summed E-state index contributed by atoms with van der Waals surface area (Å²) >= 11 is 0. The van der Waals surface area contributed by atoms with Crippen molar-refractivity contribution >= 4 is 5.78 Å². The molecule has 4 rings (SSSR count). The van der Waals surface area contributed by atoms with Crippen LogP contribution in [0.25, 0.3) is 0 Å². The summed E-state index contributed by atoms with van der Waals surface area (Å²) in [6, 6.07) is 0.